The Hall–Kier alpha value is -1.36. The molecule has 1 aromatic heterocycles. The number of nitrogen functional groups attached to an aromatic ring is 1. The molecule has 1 aromatic carbocycles. The summed E-state index contributed by atoms with van der Waals surface area (Å²) in [6.45, 7) is 0. The van der Waals surface area contributed by atoms with Crippen LogP contribution < -0.4 is 5.73 Å². The number of nitrogens with two attached hydrogens (primary N) is 1. The second kappa shape index (κ2) is 5.33. The third-order valence-electron chi connectivity index (χ3n) is 3.67. The van der Waals surface area contributed by atoms with Crippen LogP contribution in [0.3, 0.4) is 0 Å². The second-order valence-corrected chi connectivity index (χ2v) is 6.73. The van der Waals surface area contributed by atoms with Crippen molar-refractivity contribution in [2.45, 2.75) is 49.0 Å². The van der Waals surface area contributed by atoms with Gasteiger partial charge in [-0.25, -0.2) is 9.19 Å². The predicted molar refractivity (Wildman–Crippen MR) is 76.3 cm³/mol. The Balaban J connectivity index is 1.88. The van der Waals surface area contributed by atoms with Crippen LogP contribution in [0, 0.1) is 0 Å². The third kappa shape index (κ3) is 2.66. The van der Waals surface area contributed by atoms with Crippen molar-refractivity contribution in [2.24, 2.45) is 0 Å². The topological polar surface area (TPSA) is 69.1 Å². The van der Waals surface area contributed by atoms with Gasteiger partial charge in [0.1, 0.15) is 16.3 Å². The molecule has 0 saturated heterocycles. The minimum atomic E-state index is -1.14. The molecule has 1 unspecified atom stereocenters. The molecule has 102 valence electrons. The monoisotopic (exact) mass is 278 g/mol. The third-order valence-corrected chi connectivity index (χ3v) is 5.27. The van der Waals surface area contributed by atoms with Crippen molar-refractivity contribution in [1.29, 1.82) is 0 Å². The van der Waals surface area contributed by atoms with Gasteiger partial charge in [-0.3, -0.25) is 0 Å². The Morgan fingerprint density at radius 1 is 1.21 bits per heavy atom. The van der Waals surface area contributed by atoms with Gasteiger partial charge >= 0.3 is 0 Å². The van der Waals surface area contributed by atoms with Gasteiger partial charge in [-0.05, 0) is 25.0 Å². The average Bonchev–Trinajstić information content (AvgIpc) is 2.64. The lowest BCUT2D eigenvalue weighted by molar-refractivity contribution is 0.472. The van der Waals surface area contributed by atoms with Crippen LogP contribution in [0.1, 0.15) is 38.5 Å². The summed E-state index contributed by atoms with van der Waals surface area (Å²) in [7, 11) is -1.14. The van der Waals surface area contributed by atoms with E-state index in [0.29, 0.717) is 16.5 Å². The molecule has 0 bridgehead atoms. The lowest BCUT2D eigenvalue weighted by Gasteiger charge is -2.10. The van der Waals surface area contributed by atoms with E-state index in [4.69, 9.17) is 10.2 Å². The number of anilines is 1. The molecule has 1 atom stereocenters. The van der Waals surface area contributed by atoms with Crippen molar-refractivity contribution >= 4 is 27.6 Å². The molecule has 1 aliphatic rings. The largest absolute Gasteiger partial charge is 0.430 e. The first-order valence-electron chi connectivity index (χ1n) is 6.81. The highest BCUT2D eigenvalue weighted by atomic mass is 32.2. The van der Waals surface area contributed by atoms with Crippen molar-refractivity contribution in [3.63, 3.8) is 0 Å². The number of hydrogen-bond acceptors (Lipinski definition) is 4. The fraction of sp³-hybridized carbons (Fsp3) is 0.500. The summed E-state index contributed by atoms with van der Waals surface area (Å²) in [6.07, 6.45) is 6.82. The average molecular weight is 278 g/mol. The first kappa shape index (κ1) is 12.7. The fourth-order valence-electron chi connectivity index (χ4n) is 2.60. The van der Waals surface area contributed by atoms with E-state index in [1.807, 2.05) is 6.07 Å². The minimum Gasteiger partial charge on any atom is -0.430 e. The molecule has 3 rings (SSSR count). The Kier molecular flexibility index (Phi) is 3.55. The summed E-state index contributed by atoms with van der Waals surface area (Å²) in [5, 5.41) is 0.542. The first-order chi connectivity index (χ1) is 9.24. The van der Waals surface area contributed by atoms with Gasteiger partial charge in [0.25, 0.3) is 5.22 Å². The number of rotatable bonds is 2. The van der Waals surface area contributed by atoms with Crippen LogP contribution in [0.15, 0.2) is 27.8 Å². The number of oxazole rings is 1. The van der Waals surface area contributed by atoms with E-state index in [-0.39, 0.29) is 5.25 Å². The van der Waals surface area contributed by atoms with Crippen LogP contribution in [0.4, 0.5) is 5.69 Å². The number of nitrogens with zero attached hydrogens (tertiary/aromatic N) is 1. The van der Waals surface area contributed by atoms with E-state index in [2.05, 4.69) is 4.98 Å². The summed E-state index contributed by atoms with van der Waals surface area (Å²) in [5.74, 6) is 0. The molecular formula is C14H18N2O2S. The molecule has 0 spiro atoms. The smallest absolute Gasteiger partial charge is 0.288 e. The van der Waals surface area contributed by atoms with Crippen molar-refractivity contribution in [2.75, 3.05) is 5.73 Å². The van der Waals surface area contributed by atoms with Gasteiger partial charge in [-0.1, -0.05) is 25.7 Å². The molecule has 4 nitrogen and oxygen atoms in total. The highest BCUT2D eigenvalue weighted by Gasteiger charge is 2.24. The quantitative estimate of drug-likeness (QED) is 0.676. The lowest BCUT2D eigenvalue weighted by Crippen LogP contribution is -2.14. The Bertz CT molecular complexity index is 601. The van der Waals surface area contributed by atoms with Crippen LogP contribution in [-0.4, -0.2) is 14.4 Å². The van der Waals surface area contributed by atoms with Crippen LogP contribution >= 0.6 is 0 Å². The van der Waals surface area contributed by atoms with E-state index in [1.165, 1.54) is 12.8 Å². The molecule has 1 fully saturated rings. The van der Waals surface area contributed by atoms with Gasteiger partial charge in [0, 0.05) is 17.0 Å². The summed E-state index contributed by atoms with van der Waals surface area (Å²) in [4.78, 5) is 4.34. The molecule has 0 radical (unpaired) electrons. The number of hydrogen-bond donors (Lipinski definition) is 1. The van der Waals surface area contributed by atoms with Gasteiger partial charge in [-0.15, -0.1) is 0 Å². The number of fused-ring (bicyclic) bond motifs is 1. The second-order valence-electron chi connectivity index (χ2n) is 5.12. The van der Waals surface area contributed by atoms with E-state index in [1.54, 1.807) is 12.1 Å². The zero-order valence-corrected chi connectivity index (χ0v) is 11.6. The van der Waals surface area contributed by atoms with Crippen LogP contribution in [-0.2, 0) is 10.8 Å². The first-order valence-corrected chi connectivity index (χ1v) is 8.02. The van der Waals surface area contributed by atoms with Gasteiger partial charge < -0.3 is 10.2 Å². The maximum Gasteiger partial charge on any atom is 0.288 e. The van der Waals surface area contributed by atoms with Gasteiger partial charge in [0.05, 0.1) is 0 Å². The van der Waals surface area contributed by atoms with Crippen molar-refractivity contribution < 1.29 is 8.63 Å². The molecule has 19 heavy (non-hydrogen) atoms. The molecule has 5 heteroatoms. The van der Waals surface area contributed by atoms with Gasteiger partial charge in [0.2, 0.25) is 0 Å². The van der Waals surface area contributed by atoms with Crippen LogP contribution in [0.25, 0.3) is 11.1 Å². The van der Waals surface area contributed by atoms with Gasteiger partial charge in [0.15, 0.2) is 5.58 Å². The predicted octanol–water partition coefficient (Wildman–Crippen LogP) is 3.24. The maximum atomic E-state index is 12.5. The highest BCUT2D eigenvalue weighted by molar-refractivity contribution is 7.85. The van der Waals surface area contributed by atoms with Crippen LogP contribution in [0.5, 0.6) is 0 Å². The Morgan fingerprint density at radius 2 is 1.95 bits per heavy atom. The standard InChI is InChI=1S/C14H18N2O2S/c15-10-7-8-12-13(9-10)18-14(16-12)19(17)11-5-3-1-2-4-6-11/h7-9,11H,1-6,15H2. The summed E-state index contributed by atoms with van der Waals surface area (Å²) >= 11 is 0. The molecule has 0 aliphatic heterocycles. The lowest BCUT2D eigenvalue weighted by atomic mass is 10.2. The minimum absolute atomic E-state index is 0.188. The zero-order valence-electron chi connectivity index (χ0n) is 10.8. The fourth-order valence-corrected chi connectivity index (χ4v) is 4.01. The molecular weight excluding hydrogens is 260 g/mol. The SMILES string of the molecule is Nc1ccc2nc(S(=O)C3CCCCCC3)oc2c1. The highest BCUT2D eigenvalue weighted by Crippen LogP contribution is 2.27. The molecule has 1 heterocycles. The molecule has 2 aromatic rings. The number of benzene rings is 1. The number of aromatic nitrogens is 1. The van der Waals surface area contributed by atoms with Crippen LogP contribution in [0.2, 0.25) is 0 Å². The van der Waals surface area contributed by atoms with Crippen molar-refractivity contribution in [1.82, 2.24) is 4.98 Å². The molecule has 1 aliphatic carbocycles. The van der Waals surface area contributed by atoms with E-state index < -0.39 is 10.8 Å². The maximum absolute atomic E-state index is 12.5. The molecule has 0 amide bonds. The normalized spacial score (nSPS) is 19.4. The molecule has 2 N–H and O–H groups in total. The van der Waals surface area contributed by atoms with E-state index in [9.17, 15) is 4.21 Å². The zero-order chi connectivity index (χ0) is 13.2. The van der Waals surface area contributed by atoms with Crippen molar-refractivity contribution in [3.05, 3.63) is 18.2 Å². The van der Waals surface area contributed by atoms with Crippen molar-refractivity contribution in [3.8, 4) is 0 Å². The Morgan fingerprint density at radius 3 is 2.68 bits per heavy atom. The summed E-state index contributed by atoms with van der Waals surface area (Å²) in [6, 6.07) is 5.32. The van der Waals surface area contributed by atoms with E-state index in [0.717, 1.165) is 31.2 Å². The summed E-state index contributed by atoms with van der Waals surface area (Å²) < 4.78 is 18.1. The summed E-state index contributed by atoms with van der Waals surface area (Å²) in [5.41, 5.74) is 7.69. The Labute approximate surface area is 114 Å². The van der Waals surface area contributed by atoms with E-state index >= 15 is 0 Å². The van der Waals surface area contributed by atoms with Gasteiger partial charge in [-0.2, -0.15) is 0 Å². The molecule has 1 saturated carbocycles.